The first kappa shape index (κ1) is 24.0. The van der Waals surface area contributed by atoms with E-state index >= 15 is 0 Å². The number of allylic oxidation sites excluding steroid dienone is 1. The van der Waals surface area contributed by atoms with Gasteiger partial charge >= 0.3 is 0 Å². The van der Waals surface area contributed by atoms with E-state index in [4.69, 9.17) is 18.9 Å². The molecule has 0 bridgehead atoms. The first-order chi connectivity index (χ1) is 16.2. The van der Waals surface area contributed by atoms with Crippen molar-refractivity contribution in [3.8, 4) is 5.75 Å². The molecule has 2 saturated carbocycles. The Morgan fingerprint density at radius 2 is 1.88 bits per heavy atom. The summed E-state index contributed by atoms with van der Waals surface area (Å²) in [5, 5.41) is 0. The van der Waals surface area contributed by atoms with Gasteiger partial charge < -0.3 is 23.8 Å². The third-order valence-corrected chi connectivity index (χ3v) is 6.61. The summed E-state index contributed by atoms with van der Waals surface area (Å²) in [7, 11) is 0. The molecule has 1 amide bonds. The van der Waals surface area contributed by atoms with Crippen molar-refractivity contribution in [2.45, 2.75) is 76.2 Å². The highest BCUT2D eigenvalue weighted by atomic mass is 16.7. The maximum atomic E-state index is 13.2. The Morgan fingerprint density at radius 3 is 2.52 bits per heavy atom. The van der Waals surface area contributed by atoms with E-state index in [0.29, 0.717) is 37.2 Å². The minimum absolute atomic E-state index is 0.0821. The molecule has 3 aliphatic rings. The Bertz CT molecular complexity index is 804. The van der Waals surface area contributed by atoms with Crippen LogP contribution >= 0.6 is 0 Å². The van der Waals surface area contributed by atoms with Gasteiger partial charge in [0.1, 0.15) is 5.75 Å². The minimum atomic E-state index is -0.107. The number of rotatable bonds is 12. The Hall–Kier alpha value is -2.15. The molecule has 0 aromatic heterocycles. The van der Waals surface area contributed by atoms with Crippen molar-refractivity contribution >= 4 is 5.91 Å². The largest absolute Gasteiger partial charge is 0.452 e. The van der Waals surface area contributed by atoms with Crippen molar-refractivity contribution < 1.29 is 23.7 Å². The van der Waals surface area contributed by atoms with Crippen LogP contribution in [0.3, 0.4) is 0 Å². The average Bonchev–Trinajstić information content (AvgIpc) is 3.66. The zero-order valence-electron chi connectivity index (χ0n) is 19.7. The standard InChI is InChI=1S/C27H37NO5/c1-3-14-28(22-18-24(19-22)30-16-17-32-26-7-5-6-15-31-26)27(29)25(4-2)33-23-12-10-21(11-13-23)20-8-9-20/h3-4,10-13,20,22,24,26H,1,5-9,14-19H2,2H3. The number of ether oxygens (including phenoxy) is 4. The van der Waals surface area contributed by atoms with E-state index in [1.54, 1.807) is 12.2 Å². The smallest absolute Gasteiger partial charge is 0.289 e. The molecule has 6 heteroatoms. The molecule has 1 aliphatic heterocycles. The molecule has 1 atom stereocenters. The van der Waals surface area contributed by atoms with E-state index < -0.39 is 0 Å². The molecule has 33 heavy (non-hydrogen) atoms. The SMILES string of the molecule is C=CCN(C(=O)C(=CC)Oc1ccc(C2CC2)cc1)C1CC(OCCOC2CCCCO2)C1. The van der Waals surface area contributed by atoms with Crippen LogP contribution in [0.15, 0.2) is 48.8 Å². The van der Waals surface area contributed by atoms with E-state index in [2.05, 4.69) is 18.7 Å². The Balaban J connectivity index is 1.22. The van der Waals surface area contributed by atoms with Gasteiger partial charge in [-0.1, -0.05) is 18.2 Å². The molecule has 3 fully saturated rings. The summed E-state index contributed by atoms with van der Waals surface area (Å²) in [6.07, 6.45) is 11.0. The monoisotopic (exact) mass is 455 g/mol. The summed E-state index contributed by atoms with van der Waals surface area (Å²) in [6, 6.07) is 8.24. The first-order valence-electron chi connectivity index (χ1n) is 12.4. The number of benzene rings is 1. The highest BCUT2D eigenvalue weighted by Crippen LogP contribution is 2.40. The Kier molecular flexibility index (Phi) is 8.59. The van der Waals surface area contributed by atoms with Crippen molar-refractivity contribution in [1.82, 2.24) is 4.90 Å². The van der Waals surface area contributed by atoms with Crippen molar-refractivity contribution in [3.05, 3.63) is 54.3 Å². The van der Waals surface area contributed by atoms with Gasteiger partial charge in [0.05, 0.1) is 19.3 Å². The lowest BCUT2D eigenvalue weighted by molar-refractivity contribution is -0.175. The number of carbonyl (C=O) groups excluding carboxylic acids is 1. The second kappa shape index (κ2) is 11.8. The topological polar surface area (TPSA) is 57.2 Å². The first-order valence-corrected chi connectivity index (χ1v) is 12.4. The molecular formula is C27H37NO5. The van der Waals surface area contributed by atoms with Crippen LogP contribution in [0.5, 0.6) is 5.75 Å². The zero-order valence-corrected chi connectivity index (χ0v) is 19.7. The molecule has 0 radical (unpaired) electrons. The fourth-order valence-electron chi connectivity index (χ4n) is 4.42. The number of amides is 1. The predicted octanol–water partition coefficient (Wildman–Crippen LogP) is 4.95. The molecule has 1 aromatic carbocycles. The van der Waals surface area contributed by atoms with Crippen LogP contribution < -0.4 is 4.74 Å². The molecule has 1 unspecified atom stereocenters. The van der Waals surface area contributed by atoms with Crippen LogP contribution in [-0.2, 0) is 19.0 Å². The molecule has 0 N–H and O–H groups in total. The third kappa shape index (κ3) is 6.69. The van der Waals surface area contributed by atoms with Gasteiger partial charge in [-0.15, -0.1) is 6.58 Å². The molecular weight excluding hydrogens is 418 g/mol. The number of nitrogens with zero attached hydrogens (tertiary/aromatic N) is 1. The van der Waals surface area contributed by atoms with Gasteiger partial charge in [0.2, 0.25) is 0 Å². The summed E-state index contributed by atoms with van der Waals surface area (Å²) in [5.74, 6) is 1.63. The normalized spacial score (nSPS) is 25.2. The van der Waals surface area contributed by atoms with Gasteiger partial charge in [-0.3, -0.25) is 4.79 Å². The van der Waals surface area contributed by atoms with Gasteiger partial charge in [0.25, 0.3) is 5.91 Å². The Morgan fingerprint density at radius 1 is 1.12 bits per heavy atom. The fraction of sp³-hybridized carbons (Fsp3) is 0.593. The molecule has 6 nitrogen and oxygen atoms in total. The van der Waals surface area contributed by atoms with Gasteiger partial charge in [-0.05, 0) is 81.6 Å². The lowest BCUT2D eigenvalue weighted by atomic mass is 9.87. The van der Waals surface area contributed by atoms with E-state index in [-0.39, 0.29) is 24.3 Å². The molecule has 4 rings (SSSR count). The number of carbonyl (C=O) groups is 1. The molecule has 1 heterocycles. The summed E-state index contributed by atoms with van der Waals surface area (Å²) in [4.78, 5) is 15.1. The summed E-state index contributed by atoms with van der Waals surface area (Å²) in [6.45, 7) is 8.03. The van der Waals surface area contributed by atoms with Crippen LogP contribution in [0.4, 0.5) is 0 Å². The second-order valence-electron chi connectivity index (χ2n) is 9.13. The number of hydrogen-bond acceptors (Lipinski definition) is 5. The summed E-state index contributed by atoms with van der Waals surface area (Å²) < 4.78 is 23.2. The van der Waals surface area contributed by atoms with E-state index in [9.17, 15) is 4.79 Å². The molecule has 180 valence electrons. The van der Waals surface area contributed by atoms with Crippen LogP contribution in [-0.4, -0.2) is 55.6 Å². The molecule has 1 aromatic rings. The summed E-state index contributed by atoms with van der Waals surface area (Å²) in [5.41, 5.74) is 1.35. The third-order valence-electron chi connectivity index (χ3n) is 6.61. The van der Waals surface area contributed by atoms with Crippen LogP contribution in [0.2, 0.25) is 0 Å². The van der Waals surface area contributed by atoms with Gasteiger partial charge in [-0.25, -0.2) is 0 Å². The minimum Gasteiger partial charge on any atom is -0.452 e. The average molecular weight is 456 g/mol. The zero-order chi connectivity index (χ0) is 23.0. The van der Waals surface area contributed by atoms with Crippen molar-refractivity contribution in [3.63, 3.8) is 0 Å². The highest BCUT2D eigenvalue weighted by molar-refractivity contribution is 5.92. The predicted molar refractivity (Wildman–Crippen MR) is 127 cm³/mol. The molecule has 0 spiro atoms. The van der Waals surface area contributed by atoms with Crippen molar-refractivity contribution in [1.29, 1.82) is 0 Å². The quantitative estimate of drug-likeness (QED) is 0.193. The van der Waals surface area contributed by atoms with E-state index in [1.807, 2.05) is 24.0 Å². The molecule has 1 saturated heterocycles. The van der Waals surface area contributed by atoms with E-state index in [0.717, 1.165) is 38.7 Å². The lowest BCUT2D eigenvalue weighted by Crippen LogP contribution is -2.51. The van der Waals surface area contributed by atoms with E-state index in [1.165, 1.54) is 18.4 Å². The van der Waals surface area contributed by atoms with Crippen LogP contribution in [0, 0.1) is 0 Å². The maximum Gasteiger partial charge on any atom is 0.289 e. The molecule has 2 aliphatic carbocycles. The van der Waals surface area contributed by atoms with Crippen LogP contribution in [0.25, 0.3) is 0 Å². The van der Waals surface area contributed by atoms with Gasteiger partial charge in [0, 0.05) is 19.2 Å². The maximum absolute atomic E-state index is 13.2. The number of hydrogen-bond donors (Lipinski definition) is 0. The van der Waals surface area contributed by atoms with Gasteiger partial charge in [-0.2, -0.15) is 0 Å². The van der Waals surface area contributed by atoms with Crippen LogP contribution in [0.1, 0.15) is 63.4 Å². The fourth-order valence-corrected chi connectivity index (χ4v) is 4.42. The van der Waals surface area contributed by atoms with Crippen molar-refractivity contribution in [2.75, 3.05) is 26.4 Å². The summed E-state index contributed by atoms with van der Waals surface area (Å²) >= 11 is 0. The lowest BCUT2D eigenvalue weighted by Gasteiger charge is -2.42. The van der Waals surface area contributed by atoms with Gasteiger partial charge in [0.15, 0.2) is 12.0 Å². The second-order valence-corrected chi connectivity index (χ2v) is 9.13. The Labute approximate surface area is 197 Å². The highest BCUT2D eigenvalue weighted by Gasteiger charge is 2.37. The van der Waals surface area contributed by atoms with Crippen molar-refractivity contribution in [2.24, 2.45) is 0 Å².